The molecule has 5 rings (SSSR count). The molecular weight excluding hydrogens is 404 g/mol. The first-order valence-corrected chi connectivity index (χ1v) is 9.52. The molecule has 0 saturated carbocycles. The molecule has 0 spiro atoms. The van der Waals surface area contributed by atoms with Crippen molar-refractivity contribution in [3.8, 4) is 12.3 Å². The van der Waals surface area contributed by atoms with Crippen LogP contribution < -0.4 is 5.32 Å². The number of benzene rings is 2. The number of fused-ring (bicyclic) bond motifs is 2. The van der Waals surface area contributed by atoms with Gasteiger partial charge in [0.1, 0.15) is 11.8 Å². The van der Waals surface area contributed by atoms with E-state index in [1.165, 1.54) is 17.7 Å². The van der Waals surface area contributed by atoms with Gasteiger partial charge in [-0.2, -0.15) is 0 Å². The maximum absolute atomic E-state index is 5.95. The summed E-state index contributed by atoms with van der Waals surface area (Å²) in [6.45, 7) is 0. The maximum Gasteiger partial charge on any atom is 0.199 e. The van der Waals surface area contributed by atoms with Crippen LogP contribution in [0.5, 0.6) is 0 Å². The van der Waals surface area contributed by atoms with E-state index in [0.717, 1.165) is 43.3 Å². The van der Waals surface area contributed by atoms with Crippen LogP contribution in [-0.2, 0) is 6.42 Å². The van der Waals surface area contributed by atoms with Crippen molar-refractivity contribution in [3.05, 3.63) is 77.3 Å². The number of nitrogens with one attached hydrogen (secondary N) is 1. The Labute approximate surface area is 177 Å². The Morgan fingerprint density at radius 2 is 1.90 bits per heavy atom. The molecule has 0 amide bonds. The fraction of sp³-hybridized carbons (Fsp3) is 0.0455. The van der Waals surface area contributed by atoms with Gasteiger partial charge < -0.3 is 9.73 Å². The lowest BCUT2D eigenvalue weighted by molar-refractivity contribution is 0.544. The molecule has 29 heavy (non-hydrogen) atoms. The summed E-state index contributed by atoms with van der Waals surface area (Å²) in [5.41, 5.74) is 4.43. The number of hydrogen-bond acceptors (Lipinski definition) is 6. The van der Waals surface area contributed by atoms with Crippen LogP contribution in [0, 0.1) is 12.3 Å². The highest BCUT2D eigenvalue weighted by molar-refractivity contribution is 7.20. The van der Waals surface area contributed by atoms with Crippen LogP contribution in [0.2, 0.25) is 0 Å². The summed E-state index contributed by atoms with van der Waals surface area (Å²) >= 11 is 1.49. The number of nitrogens with zero attached hydrogens (tertiary/aromatic N) is 3. The first kappa shape index (κ1) is 18.9. The molecule has 0 unspecified atom stereocenters. The van der Waals surface area contributed by atoms with E-state index in [9.17, 15) is 0 Å². The molecule has 5 aromatic rings. The van der Waals surface area contributed by atoms with E-state index in [0.29, 0.717) is 12.3 Å². The topological polar surface area (TPSA) is 63.8 Å². The van der Waals surface area contributed by atoms with Crippen LogP contribution >= 0.6 is 23.7 Å². The van der Waals surface area contributed by atoms with Crippen molar-refractivity contribution in [2.45, 2.75) is 6.42 Å². The molecule has 0 bridgehead atoms. The van der Waals surface area contributed by atoms with Crippen molar-refractivity contribution in [3.63, 3.8) is 0 Å². The highest BCUT2D eigenvalue weighted by Crippen LogP contribution is 2.31. The lowest BCUT2D eigenvalue weighted by Crippen LogP contribution is -1.94. The van der Waals surface area contributed by atoms with Gasteiger partial charge in [0.25, 0.3) is 0 Å². The fourth-order valence-corrected chi connectivity index (χ4v) is 3.91. The van der Waals surface area contributed by atoms with Gasteiger partial charge in [0.2, 0.25) is 0 Å². The summed E-state index contributed by atoms with van der Waals surface area (Å²) in [5, 5.41) is 3.34. The van der Waals surface area contributed by atoms with Crippen LogP contribution in [0.4, 0.5) is 11.5 Å². The van der Waals surface area contributed by atoms with E-state index in [4.69, 9.17) is 10.8 Å². The number of aromatic nitrogens is 3. The predicted octanol–water partition coefficient (Wildman–Crippen LogP) is 5.57. The molecule has 0 aliphatic carbocycles. The molecule has 2 aromatic carbocycles. The first-order valence-electron chi connectivity index (χ1n) is 8.70. The van der Waals surface area contributed by atoms with E-state index in [1.54, 1.807) is 0 Å². The number of halogens is 1. The minimum Gasteiger partial charge on any atom is -0.440 e. The van der Waals surface area contributed by atoms with Gasteiger partial charge in [0.05, 0.1) is 15.1 Å². The second kappa shape index (κ2) is 7.92. The Hall–Kier alpha value is -3.40. The van der Waals surface area contributed by atoms with E-state index < -0.39 is 0 Å². The summed E-state index contributed by atoms with van der Waals surface area (Å²) < 4.78 is 6.88. The SMILES string of the molecule is C#Cc1cc2ncnc(Nc3ccc4nc(Cc5ccccc5)oc4c3)c2s1.Cl. The lowest BCUT2D eigenvalue weighted by atomic mass is 10.1. The summed E-state index contributed by atoms with van der Waals surface area (Å²) in [5.74, 6) is 4.07. The number of oxazole rings is 1. The zero-order valence-electron chi connectivity index (χ0n) is 15.1. The maximum atomic E-state index is 5.95. The molecule has 5 nitrogen and oxygen atoms in total. The predicted molar refractivity (Wildman–Crippen MR) is 119 cm³/mol. The minimum atomic E-state index is 0. The molecule has 3 heterocycles. The lowest BCUT2D eigenvalue weighted by Gasteiger charge is -2.05. The zero-order chi connectivity index (χ0) is 18.9. The van der Waals surface area contributed by atoms with E-state index >= 15 is 0 Å². The van der Waals surface area contributed by atoms with E-state index in [2.05, 4.69) is 38.3 Å². The van der Waals surface area contributed by atoms with Crippen LogP contribution in [0.3, 0.4) is 0 Å². The average molecular weight is 419 g/mol. The van der Waals surface area contributed by atoms with Crippen LogP contribution in [0.25, 0.3) is 21.3 Å². The van der Waals surface area contributed by atoms with E-state index in [-0.39, 0.29) is 12.4 Å². The zero-order valence-corrected chi connectivity index (χ0v) is 16.8. The second-order valence-corrected chi connectivity index (χ2v) is 7.32. The number of anilines is 2. The molecule has 1 N–H and O–H groups in total. The highest BCUT2D eigenvalue weighted by atomic mass is 35.5. The molecule has 142 valence electrons. The van der Waals surface area contributed by atoms with Crippen molar-refractivity contribution in [1.82, 2.24) is 15.0 Å². The van der Waals surface area contributed by atoms with Gasteiger partial charge in [-0.1, -0.05) is 36.3 Å². The number of hydrogen-bond donors (Lipinski definition) is 1. The van der Waals surface area contributed by atoms with Crippen molar-refractivity contribution in [2.75, 3.05) is 5.32 Å². The van der Waals surface area contributed by atoms with Gasteiger partial charge in [-0.15, -0.1) is 30.2 Å². The van der Waals surface area contributed by atoms with Gasteiger partial charge in [-0.05, 0) is 23.8 Å². The molecule has 0 fully saturated rings. The Morgan fingerprint density at radius 1 is 1.03 bits per heavy atom. The van der Waals surface area contributed by atoms with Gasteiger partial charge in [0.15, 0.2) is 17.3 Å². The fourth-order valence-electron chi connectivity index (χ4n) is 3.05. The number of terminal acetylenes is 1. The first-order chi connectivity index (χ1) is 13.8. The van der Waals surface area contributed by atoms with Crippen molar-refractivity contribution in [2.24, 2.45) is 0 Å². The summed E-state index contributed by atoms with van der Waals surface area (Å²) in [6.07, 6.45) is 7.70. The largest absolute Gasteiger partial charge is 0.440 e. The van der Waals surface area contributed by atoms with Crippen molar-refractivity contribution in [1.29, 1.82) is 0 Å². The standard InChI is InChI=1S/C22H14N4OS.ClH/c1-2-16-12-18-21(28-16)22(24-13-23-18)25-15-8-9-17-19(11-15)27-20(26-17)10-14-6-4-3-5-7-14;/h1,3-9,11-13H,10H2,(H,23,24,25);1H. The second-order valence-electron chi connectivity index (χ2n) is 6.27. The minimum absolute atomic E-state index is 0. The van der Waals surface area contributed by atoms with Crippen LogP contribution in [0.1, 0.15) is 16.3 Å². The summed E-state index contributed by atoms with van der Waals surface area (Å²) in [7, 11) is 0. The molecule has 0 aliphatic heterocycles. The Kier molecular flexibility index (Phi) is 5.17. The summed E-state index contributed by atoms with van der Waals surface area (Å²) in [4.78, 5) is 14.1. The number of thiophene rings is 1. The molecule has 0 saturated heterocycles. The summed E-state index contributed by atoms with van der Waals surface area (Å²) in [6, 6.07) is 17.9. The molecule has 0 atom stereocenters. The molecule has 3 aromatic heterocycles. The van der Waals surface area contributed by atoms with Crippen LogP contribution in [-0.4, -0.2) is 15.0 Å². The average Bonchev–Trinajstić information content (AvgIpc) is 3.32. The van der Waals surface area contributed by atoms with Gasteiger partial charge >= 0.3 is 0 Å². The Bertz CT molecular complexity index is 1340. The van der Waals surface area contributed by atoms with Crippen molar-refractivity contribution >= 4 is 56.6 Å². The molecule has 7 heteroatoms. The Balaban J connectivity index is 0.00000205. The monoisotopic (exact) mass is 418 g/mol. The van der Waals surface area contributed by atoms with Crippen LogP contribution in [0.15, 0.2) is 65.3 Å². The van der Waals surface area contributed by atoms with Gasteiger partial charge in [-0.3, -0.25) is 0 Å². The Morgan fingerprint density at radius 3 is 2.72 bits per heavy atom. The molecular formula is C22H15ClN4OS. The van der Waals surface area contributed by atoms with Crippen molar-refractivity contribution < 1.29 is 4.42 Å². The third-order valence-electron chi connectivity index (χ3n) is 4.35. The van der Waals surface area contributed by atoms with Gasteiger partial charge in [-0.25, -0.2) is 15.0 Å². The van der Waals surface area contributed by atoms with Gasteiger partial charge in [0, 0.05) is 18.2 Å². The number of rotatable bonds is 4. The van der Waals surface area contributed by atoms with E-state index in [1.807, 2.05) is 42.5 Å². The molecule has 0 aliphatic rings. The smallest absolute Gasteiger partial charge is 0.199 e. The molecule has 0 radical (unpaired) electrons. The third-order valence-corrected chi connectivity index (χ3v) is 5.41. The quantitative estimate of drug-likeness (QED) is 0.386. The normalized spacial score (nSPS) is 10.6. The highest BCUT2D eigenvalue weighted by Gasteiger charge is 2.11. The third kappa shape index (κ3) is 3.79.